The van der Waals surface area contributed by atoms with Crippen LogP contribution in [-0.2, 0) is 14.9 Å². The number of aliphatic hydroxyl groups excluding tert-OH is 2. The van der Waals surface area contributed by atoms with Crippen molar-refractivity contribution in [3.05, 3.63) is 48.6 Å². The zero-order valence-corrected chi connectivity index (χ0v) is 40.0. The Hall–Kier alpha value is -1.74. The van der Waals surface area contributed by atoms with Crippen molar-refractivity contribution in [3.8, 4) is 0 Å². The molecule has 7 nitrogen and oxygen atoms in total. The van der Waals surface area contributed by atoms with Crippen LogP contribution in [0.3, 0.4) is 0 Å². The van der Waals surface area contributed by atoms with Gasteiger partial charge < -0.3 is 15.5 Å². The second-order valence-corrected chi connectivity index (χ2v) is 19.1. The van der Waals surface area contributed by atoms with Gasteiger partial charge in [-0.25, -0.2) is 0 Å². The summed E-state index contributed by atoms with van der Waals surface area (Å²) in [5, 5.41) is 23.5. The van der Waals surface area contributed by atoms with E-state index in [1.807, 2.05) is 0 Å². The van der Waals surface area contributed by atoms with Crippen molar-refractivity contribution in [1.29, 1.82) is 0 Å². The molecule has 60 heavy (non-hydrogen) atoms. The van der Waals surface area contributed by atoms with Crippen LogP contribution in [0.1, 0.15) is 251 Å². The maximum Gasteiger partial charge on any atom is 0.267 e. The lowest BCUT2D eigenvalue weighted by Gasteiger charge is -2.22. The van der Waals surface area contributed by atoms with Gasteiger partial charge in [-0.2, -0.15) is 8.42 Å². The summed E-state index contributed by atoms with van der Waals surface area (Å²) in [6.45, 7) is 4.54. The Morgan fingerprint density at radius 3 is 1.20 bits per heavy atom. The minimum absolute atomic E-state index is 0.261. The van der Waals surface area contributed by atoms with E-state index in [2.05, 4.69) is 55.6 Å². The molecule has 0 rings (SSSR count). The molecule has 8 heteroatoms. The van der Waals surface area contributed by atoms with Gasteiger partial charge in [0.25, 0.3) is 10.1 Å². The van der Waals surface area contributed by atoms with Crippen LogP contribution >= 0.6 is 0 Å². The van der Waals surface area contributed by atoms with Crippen molar-refractivity contribution >= 4 is 16.0 Å². The molecule has 0 spiro atoms. The molecule has 1 amide bonds. The van der Waals surface area contributed by atoms with Gasteiger partial charge in [-0.05, 0) is 64.2 Å². The zero-order chi connectivity index (χ0) is 44.0. The molecule has 0 aliphatic carbocycles. The summed E-state index contributed by atoms with van der Waals surface area (Å²) in [5.41, 5.74) is 0. The highest BCUT2D eigenvalue weighted by Gasteiger charge is 2.27. The van der Waals surface area contributed by atoms with E-state index in [1.54, 1.807) is 6.08 Å². The fraction of sp³-hybridized carbons (Fsp3) is 0.827. The van der Waals surface area contributed by atoms with E-state index in [9.17, 15) is 28.0 Å². The van der Waals surface area contributed by atoms with Crippen molar-refractivity contribution in [2.45, 2.75) is 270 Å². The van der Waals surface area contributed by atoms with Gasteiger partial charge in [0.2, 0.25) is 5.91 Å². The molecule has 0 fully saturated rings. The highest BCUT2D eigenvalue weighted by atomic mass is 32.2. The molecule has 0 aromatic heterocycles. The molecular weight excluding hydrogens is 767 g/mol. The molecule has 0 radical (unpaired) electrons. The van der Waals surface area contributed by atoms with Crippen molar-refractivity contribution in [2.24, 2.45) is 0 Å². The normalized spacial score (nSPS) is 14.0. The molecule has 352 valence electrons. The first-order valence-corrected chi connectivity index (χ1v) is 27.1. The van der Waals surface area contributed by atoms with Crippen LogP contribution in [0, 0.1) is 0 Å². The number of carbonyl (C=O) groups is 1. The molecule has 0 saturated heterocycles. The lowest BCUT2D eigenvalue weighted by Crippen LogP contribution is -2.50. The summed E-state index contributed by atoms with van der Waals surface area (Å²) >= 11 is 0. The first-order chi connectivity index (χ1) is 29.2. The van der Waals surface area contributed by atoms with Crippen LogP contribution in [0.15, 0.2) is 48.6 Å². The maximum atomic E-state index is 12.7. The number of hydrogen-bond acceptors (Lipinski definition) is 5. The van der Waals surface area contributed by atoms with Gasteiger partial charge in [-0.15, -0.1) is 0 Å². The van der Waals surface area contributed by atoms with Crippen LogP contribution in [0.25, 0.3) is 0 Å². The van der Waals surface area contributed by atoms with Gasteiger partial charge >= 0.3 is 0 Å². The van der Waals surface area contributed by atoms with E-state index in [1.165, 1.54) is 167 Å². The maximum absolute atomic E-state index is 12.7. The zero-order valence-electron chi connectivity index (χ0n) is 39.2. The van der Waals surface area contributed by atoms with Gasteiger partial charge in [0.05, 0.1) is 17.9 Å². The van der Waals surface area contributed by atoms with Crippen molar-refractivity contribution in [1.82, 2.24) is 5.32 Å². The number of amides is 1. The van der Waals surface area contributed by atoms with E-state index in [-0.39, 0.29) is 6.42 Å². The summed E-state index contributed by atoms with van der Waals surface area (Å²) in [7, 11) is -4.46. The van der Waals surface area contributed by atoms with Gasteiger partial charge in [0, 0.05) is 0 Å². The molecular formula is C52H97NO6S. The summed E-state index contributed by atoms with van der Waals surface area (Å²) in [6.07, 6.45) is 58.9. The minimum Gasteiger partial charge on any atom is -0.387 e. The molecule has 3 atom stereocenters. The predicted octanol–water partition coefficient (Wildman–Crippen LogP) is 14.8. The van der Waals surface area contributed by atoms with Crippen molar-refractivity contribution in [3.63, 3.8) is 0 Å². The molecule has 0 bridgehead atoms. The van der Waals surface area contributed by atoms with E-state index in [4.69, 9.17) is 0 Å². The summed E-state index contributed by atoms with van der Waals surface area (Å²) < 4.78 is 32.7. The predicted molar refractivity (Wildman–Crippen MR) is 259 cm³/mol. The molecule has 0 aromatic rings. The molecule has 0 aliphatic rings. The number of unbranched alkanes of at least 4 members (excludes halogenated alkanes) is 31. The Morgan fingerprint density at radius 1 is 0.467 bits per heavy atom. The van der Waals surface area contributed by atoms with Gasteiger partial charge in [-0.3, -0.25) is 9.35 Å². The summed E-state index contributed by atoms with van der Waals surface area (Å²) in [4.78, 5) is 12.7. The highest BCUT2D eigenvalue weighted by molar-refractivity contribution is 7.85. The average Bonchev–Trinajstić information content (AvgIpc) is 3.22. The SMILES string of the molecule is CCCCCCCCCCC/C=C\C/C=C\CCCCCCCCC(O)C(=O)NC(CS(=O)(=O)O)C(O)/C=C/CC/C=C/CCCCCCCCCCCCCCCCC. The number of hydrogen-bond donors (Lipinski definition) is 4. The average molecular weight is 864 g/mol. The number of nitrogens with one attached hydrogen (secondary N) is 1. The molecule has 0 aromatic carbocycles. The second kappa shape index (κ2) is 45.3. The van der Waals surface area contributed by atoms with Gasteiger partial charge in [0.15, 0.2) is 0 Å². The fourth-order valence-electron chi connectivity index (χ4n) is 7.68. The van der Waals surface area contributed by atoms with Crippen LogP contribution in [0.5, 0.6) is 0 Å². The smallest absolute Gasteiger partial charge is 0.267 e. The Labute approximate surface area is 372 Å². The van der Waals surface area contributed by atoms with Crippen LogP contribution < -0.4 is 5.32 Å². The number of rotatable bonds is 46. The molecule has 0 aliphatic heterocycles. The summed E-state index contributed by atoms with van der Waals surface area (Å²) in [5.74, 6) is -1.57. The van der Waals surface area contributed by atoms with E-state index in [0.29, 0.717) is 12.8 Å². The quantitative estimate of drug-likeness (QED) is 0.0274. The standard InChI is InChI=1S/C52H97NO6S/c1-3-5-7-9-11-13-15-17-19-21-23-25-27-29-31-33-35-37-39-41-43-45-47-51(55)52(56)53-49(48-60(57,58)59)50(54)46-44-42-40-38-36-34-32-30-28-26-24-22-20-18-16-14-12-10-8-6-4-2/h23,25,29,31,36,38,44,46,49-51,54-55H,3-22,24,26-28,30,32-35,37,39-43,45,47-48H2,1-2H3,(H,53,56)(H,57,58,59)/b25-23-,31-29-,38-36+,46-44+. The third kappa shape index (κ3) is 44.3. The van der Waals surface area contributed by atoms with Crippen LogP contribution in [0.2, 0.25) is 0 Å². The Kier molecular flexibility index (Phi) is 44.0. The Morgan fingerprint density at radius 2 is 0.800 bits per heavy atom. The highest BCUT2D eigenvalue weighted by Crippen LogP contribution is 2.15. The lowest BCUT2D eigenvalue weighted by molar-refractivity contribution is -0.130. The second-order valence-electron chi connectivity index (χ2n) is 17.6. The third-order valence-electron chi connectivity index (χ3n) is 11.6. The first-order valence-electron chi connectivity index (χ1n) is 25.4. The Balaban J connectivity index is 3.97. The fourth-order valence-corrected chi connectivity index (χ4v) is 8.41. The third-order valence-corrected chi connectivity index (χ3v) is 12.4. The number of allylic oxidation sites excluding steroid dienone is 7. The molecule has 0 saturated carbocycles. The van der Waals surface area contributed by atoms with Crippen LogP contribution in [-0.4, -0.2) is 53.1 Å². The van der Waals surface area contributed by atoms with E-state index in [0.717, 1.165) is 57.8 Å². The molecule has 0 heterocycles. The van der Waals surface area contributed by atoms with Gasteiger partial charge in [-0.1, -0.05) is 236 Å². The largest absolute Gasteiger partial charge is 0.387 e. The van der Waals surface area contributed by atoms with Crippen LogP contribution in [0.4, 0.5) is 0 Å². The van der Waals surface area contributed by atoms with E-state index < -0.39 is 40.0 Å². The topological polar surface area (TPSA) is 124 Å². The molecule has 4 N–H and O–H groups in total. The summed E-state index contributed by atoms with van der Waals surface area (Å²) in [6, 6.07) is -1.26. The van der Waals surface area contributed by atoms with Crippen molar-refractivity contribution < 1.29 is 28.0 Å². The van der Waals surface area contributed by atoms with E-state index >= 15 is 0 Å². The number of aliphatic hydroxyl groups is 2. The Bertz CT molecular complexity index is 1150. The van der Waals surface area contributed by atoms with Gasteiger partial charge in [0.1, 0.15) is 6.10 Å². The lowest BCUT2D eigenvalue weighted by atomic mass is 10.0. The first kappa shape index (κ1) is 58.3. The minimum atomic E-state index is -4.46. The number of carbonyl (C=O) groups excluding carboxylic acids is 1. The monoisotopic (exact) mass is 864 g/mol. The van der Waals surface area contributed by atoms with Crippen molar-refractivity contribution in [2.75, 3.05) is 5.75 Å². The molecule has 3 unspecified atom stereocenters.